The Hall–Kier alpha value is -1.35. The lowest BCUT2D eigenvalue weighted by Crippen LogP contribution is -3.08. The Balaban J connectivity index is 1.46. The Morgan fingerprint density at radius 3 is 2.29 bits per heavy atom. The normalized spacial score (nSPS) is 20.0. The minimum atomic E-state index is 0.248. The lowest BCUT2D eigenvalue weighted by Gasteiger charge is -2.13. The van der Waals surface area contributed by atoms with E-state index in [0.717, 1.165) is 19.4 Å². The maximum atomic E-state index is 12.0. The molecule has 0 aromatic heterocycles. The van der Waals surface area contributed by atoms with E-state index in [1.807, 2.05) is 0 Å². The molecule has 3 heteroatoms. The van der Waals surface area contributed by atoms with Gasteiger partial charge in [0, 0.05) is 30.9 Å². The number of quaternary nitrogens is 1. The molecule has 2 aliphatic rings. The van der Waals surface area contributed by atoms with Crippen LogP contribution in [-0.4, -0.2) is 19.0 Å². The average molecular weight is 287 g/mol. The zero-order valence-corrected chi connectivity index (χ0v) is 12.9. The first-order valence-electron chi connectivity index (χ1n) is 8.50. The van der Waals surface area contributed by atoms with Crippen molar-refractivity contribution in [2.24, 2.45) is 5.92 Å². The molecule has 21 heavy (non-hydrogen) atoms. The van der Waals surface area contributed by atoms with E-state index in [0.29, 0.717) is 6.54 Å². The third-order valence-corrected chi connectivity index (χ3v) is 4.98. The van der Waals surface area contributed by atoms with Crippen LogP contribution in [0.5, 0.6) is 0 Å². The van der Waals surface area contributed by atoms with Crippen molar-refractivity contribution in [1.82, 2.24) is 5.32 Å². The van der Waals surface area contributed by atoms with Gasteiger partial charge in [-0.15, -0.1) is 0 Å². The summed E-state index contributed by atoms with van der Waals surface area (Å²) in [5.74, 6) is 0.515. The second-order valence-electron chi connectivity index (χ2n) is 6.65. The molecule has 1 aliphatic heterocycles. The van der Waals surface area contributed by atoms with Gasteiger partial charge >= 0.3 is 0 Å². The highest BCUT2D eigenvalue weighted by molar-refractivity contribution is 5.78. The SMILES string of the molecule is O=C(NCc1ccc(C[NH+]2CCCC2)cc1)C1CCCC1. The summed E-state index contributed by atoms with van der Waals surface area (Å²) < 4.78 is 0. The summed E-state index contributed by atoms with van der Waals surface area (Å²) >= 11 is 0. The van der Waals surface area contributed by atoms with E-state index in [9.17, 15) is 4.79 Å². The molecule has 0 spiro atoms. The molecule has 0 atom stereocenters. The summed E-state index contributed by atoms with van der Waals surface area (Å²) in [7, 11) is 0. The monoisotopic (exact) mass is 287 g/mol. The topological polar surface area (TPSA) is 33.5 Å². The Morgan fingerprint density at radius 2 is 1.62 bits per heavy atom. The first-order chi connectivity index (χ1) is 10.3. The number of carbonyl (C=O) groups excluding carboxylic acids is 1. The number of rotatable bonds is 5. The lowest BCUT2D eigenvalue weighted by molar-refractivity contribution is -0.901. The van der Waals surface area contributed by atoms with Crippen LogP contribution in [0.4, 0.5) is 0 Å². The Kier molecular flexibility index (Phi) is 4.91. The van der Waals surface area contributed by atoms with Crippen LogP contribution in [0.25, 0.3) is 0 Å². The standard InChI is InChI=1S/C18H26N2O/c21-18(17-5-1-2-6-17)19-13-15-7-9-16(10-8-15)14-20-11-3-4-12-20/h7-10,17H,1-6,11-14H2,(H,19,21)/p+1. The van der Waals surface area contributed by atoms with Gasteiger partial charge in [-0.05, 0) is 18.4 Å². The largest absolute Gasteiger partial charge is 0.352 e. The number of carbonyl (C=O) groups is 1. The Morgan fingerprint density at radius 1 is 1.00 bits per heavy atom. The molecular formula is C18H27N2O+. The number of amides is 1. The van der Waals surface area contributed by atoms with Gasteiger partial charge in [-0.25, -0.2) is 0 Å². The van der Waals surface area contributed by atoms with Crippen LogP contribution >= 0.6 is 0 Å². The van der Waals surface area contributed by atoms with Crippen LogP contribution < -0.4 is 10.2 Å². The summed E-state index contributed by atoms with van der Waals surface area (Å²) in [6.45, 7) is 4.46. The lowest BCUT2D eigenvalue weighted by atomic mass is 10.1. The molecule has 2 fully saturated rings. The van der Waals surface area contributed by atoms with Crippen LogP contribution in [-0.2, 0) is 17.9 Å². The van der Waals surface area contributed by atoms with Gasteiger partial charge in [0.25, 0.3) is 0 Å². The summed E-state index contributed by atoms with van der Waals surface area (Å²) in [4.78, 5) is 13.7. The molecule has 0 bridgehead atoms. The molecular weight excluding hydrogens is 260 g/mol. The third kappa shape index (κ3) is 4.07. The summed E-state index contributed by atoms with van der Waals surface area (Å²) in [6.07, 6.45) is 7.32. The van der Waals surface area contributed by atoms with Crippen molar-refractivity contribution in [2.75, 3.05) is 13.1 Å². The maximum Gasteiger partial charge on any atom is 0.223 e. The minimum Gasteiger partial charge on any atom is -0.352 e. The van der Waals surface area contributed by atoms with Gasteiger partial charge in [0.2, 0.25) is 5.91 Å². The second kappa shape index (κ2) is 7.08. The Bertz CT molecular complexity index is 457. The molecule has 0 radical (unpaired) electrons. The molecule has 1 saturated carbocycles. The molecule has 1 aliphatic carbocycles. The zero-order chi connectivity index (χ0) is 14.5. The molecule has 3 nitrogen and oxygen atoms in total. The average Bonchev–Trinajstić information content (AvgIpc) is 3.19. The number of benzene rings is 1. The molecule has 1 heterocycles. The predicted molar refractivity (Wildman–Crippen MR) is 83.9 cm³/mol. The van der Waals surface area contributed by atoms with E-state index >= 15 is 0 Å². The predicted octanol–water partition coefficient (Wildman–Crippen LogP) is 1.67. The van der Waals surface area contributed by atoms with Crippen molar-refractivity contribution < 1.29 is 9.69 Å². The fourth-order valence-electron chi connectivity index (χ4n) is 3.64. The van der Waals surface area contributed by atoms with Crippen LogP contribution in [0.3, 0.4) is 0 Å². The molecule has 1 aromatic rings. The zero-order valence-electron chi connectivity index (χ0n) is 12.9. The molecule has 114 valence electrons. The van der Waals surface area contributed by atoms with Crippen molar-refractivity contribution >= 4 is 5.91 Å². The van der Waals surface area contributed by atoms with Crippen LogP contribution in [0.2, 0.25) is 0 Å². The molecule has 3 rings (SSSR count). The van der Waals surface area contributed by atoms with Crippen LogP contribution in [0, 0.1) is 5.92 Å². The highest BCUT2D eigenvalue weighted by atomic mass is 16.1. The molecule has 2 N–H and O–H groups in total. The van der Waals surface area contributed by atoms with Crippen molar-refractivity contribution in [2.45, 2.75) is 51.6 Å². The van der Waals surface area contributed by atoms with E-state index in [2.05, 4.69) is 29.6 Å². The Labute approximate surface area is 127 Å². The van der Waals surface area contributed by atoms with E-state index in [-0.39, 0.29) is 11.8 Å². The van der Waals surface area contributed by atoms with Gasteiger partial charge in [0.05, 0.1) is 13.1 Å². The van der Waals surface area contributed by atoms with Crippen molar-refractivity contribution in [3.63, 3.8) is 0 Å². The van der Waals surface area contributed by atoms with E-state index in [1.165, 1.54) is 49.9 Å². The van der Waals surface area contributed by atoms with E-state index in [1.54, 1.807) is 4.90 Å². The van der Waals surface area contributed by atoms with Gasteiger partial charge < -0.3 is 10.2 Å². The summed E-state index contributed by atoms with van der Waals surface area (Å²) in [5.41, 5.74) is 2.62. The van der Waals surface area contributed by atoms with Gasteiger partial charge in [-0.2, -0.15) is 0 Å². The molecule has 1 amide bonds. The highest BCUT2D eigenvalue weighted by Gasteiger charge is 2.22. The second-order valence-corrected chi connectivity index (χ2v) is 6.65. The van der Waals surface area contributed by atoms with E-state index < -0.39 is 0 Å². The molecule has 1 aromatic carbocycles. The van der Waals surface area contributed by atoms with Gasteiger partial charge in [-0.3, -0.25) is 4.79 Å². The fraction of sp³-hybridized carbons (Fsp3) is 0.611. The van der Waals surface area contributed by atoms with E-state index in [4.69, 9.17) is 0 Å². The van der Waals surface area contributed by atoms with Gasteiger partial charge in [0.15, 0.2) is 0 Å². The summed E-state index contributed by atoms with van der Waals surface area (Å²) in [5, 5.41) is 3.09. The first kappa shape index (κ1) is 14.6. The van der Waals surface area contributed by atoms with Crippen molar-refractivity contribution in [3.05, 3.63) is 35.4 Å². The maximum absolute atomic E-state index is 12.0. The number of hydrogen-bond donors (Lipinski definition) is 2. The van der Waals surface area contributed by atoms with Gasteiger partial charge in [0.1, 0.15) is 6.54 Å². The van der Waals surface area contributed by atoms with Crippen molar-refractivity contribution in [3.8, 4) is 0 Å². The number of nitrogens with one attached hydrogen (secondary N) is 2. The fourth-order valence-corrected chi connectivity index (χ4v) is 3.64. The van der Waals surface area contributed by atoms with Gasteiger partial charge in [-0.1, -0.05) is 37.1 Å². The van der Waals surface area contributed by atoms with Crippen LogP contribution in [0.1, 0.15) is 49.7 Å². The summed E-state index contributed by atoms with van der Waals surface area (Å²) in [6, 6.07) is 8.78. The number of likely N-dealkylation sites (tertiary alicyclic amines) is 1. The first-order valence-corrected chi connectivity index (χ1v) is 8.50. The van der Waals surface area contributed by atoms with Crippen molar-refractivity contribution in [1.29, 1.82) is 0 Å². The quantitative estimate of drug-likeness (QED) is 0.849. The smallest absolute Gasteiger partial charge is 0.223 e. The molecule has 1 saturated heterocycles. The third-order valence-electron chi connectivity index (χ3n) is 4.98. The highest BCUT2D eigenvalue weighted by Crippen LogP contribution is 2.24. The minimum absolute atomic E-state index is 0.248. The molecule has 0 unspecified atom stereocenters. The van der Waals surface area contributed by atoms with Crippen LogP contribution in [0.15, 0.2) is 24.3 Å². The number of hydrogen-bond acceptors (Lipinski definition) is 1.